The van der Waals surface area contributed by atoms with Gasteiger partial charge in [0.2, 0.25) is 0 Å². The number of aliphatic hydroxyl groups is 1. The van der Waals surface area contributed by atoms with Gasteiger partial charge in [-0.15, -0.1) is 0 Å². The minimum absolute atomic E-state index is 0.105. The molecule has 0 heterocycles. The van der Waals surface area contributed by atoms with Gasteiger partial charge in [-0.2, -0.15) is 0 Å². The van der Waals surface area contributed by atoms with Gasteiger partial charge >= 0.3 is 39.5 Å². The number of carbonyl (C=O) groups excluding carboxylic acids is 4. The lowest BCUT2D eigenvalue weighted by molar-refractivity contribution is -0.161. The molecule has 0 saturated heterocycles. The van der Waals surface area contributed by atoms with E-state index in [0.717, 1.165) is 102 Å². The van der Waals surface area contributed by atoms with Gasteiger partial charge in [-0.05, 0) is 37.5 Å². The van der Waals surface area contributed by atoms with E-state index in [9.17, 15) is 43.2 Å². The van der Waals surface area contributed by atoms with Gasteiger partial charge in [-0.1, -0.05) is 350 Å². The summed E-state index contributed by atoms with van der Waals surface area (Å²) in [5, 5.41) is 10.6. The third kappa shape index (κ3) is 69.2. The van der Waals surface area contributed by atoms with E-state index < -0.39 is 97.5 Å². The number of hydrogen-bond acceptors (Lipinski definition) is 15. The third-order valence-electron chi connectivity index (χ3n) is 18.3. The van der Waals surface area contributed by atoms with Gasteiger partial charge in [-0.3, -0.25) is 37.3 Å². The predicted octanol–water partition coefficient (Wildman–Crippen LogP) is 22.7. The van der Waals surface area contributed by atoms with Gasteiger partial charge < -0.3 is 33.8 Å². The molecule has 0 bridgehead atoms. The first-order valence-electron chi connectivity index (χ1n) is 40.0. The molecule has 0 radical (unpaired) electrons. The van der Waals surface area contributed by atoms with E-state index in [0.29, 0.717) is 25.7 Å². The minimum Gasteiger partial charge on any atom is -0.462 e. The summed E-state index contributed by atoms with van der Waals surface area (Å²) in [5.74, 6) is -0.589. The molecule has 96 heavy (non-hydrogen) atoms. The van der Waals surface area contributed by atoms with Crippen molar-refractivity contribution in [3.63, 3.8) is 0 Å². The minimum atomic E-state index is -4.96. The van der Waals surface area contributed by atoms with Crippen molar-refractivity contribution < 1.29 is 80.2 Å². The zero-order valence-corrected chi connectivity index (χ0v) is 64.5. The maximum absolute atomic E-state index is 13.1. The molecule has 0 aliphatic carbocycles. The molecule has 0 saturated carbocycles. The summed E-state index contributed by atoms with van der Waals surface area (Å²) in [6.45, 7) is 9.58. The molecule has 0 amide bonds. The van der Waals surface area contributed by atoms with Crippen molar-refractivity contribution in [3.8, 4) is 0 Å². The molecule has 0 fully saturated rings. The fourth-order valence-corrected chi connectivity index (χ4v) is 13.4. The Bertz CT molecular complexity index is 1860. The lowest BCUT2D eigenvalue weighted by Crippen LogP contribution is -2.30. The van der Waals surface area contributed by atoms with Crippen LogP contribution in [0.15, 0.2) is 0 Å². The van der Waals surface area contributed by atoms with Crippen molar-refractivity contribution in [2.75, 3.05) is 39.6 Å². The van der Waals surface area contributed by atoms with Crippen LogP contribution in [-0.2, 0) is 65.4 Å². The smallest absolute Gasteiger partial charge is 0.462 e. The number of rotatable bonds is 76. The van der Waals surface area contributed by atoms with Crippen molar-refractivity contribution in [3.05, 3.63) is 0 Å². The van der Waals surface area contributed by atoms with Crippen LogP contribution in [0.25, 0.3) is 0 Å². The number of esters is 4. The van der Waals surface area contributed by atoms with Crippen LogP contribution < -0.4 is 0 Å². The first kappa shape index (κ1) is 94.1. The number of hydrogen-bond donors (Lipinski definition) is 3. The Kier molecular flexibility index (Phi) is 67.4. The van der Waals surface area contributed by atoms with Crippen LogP contribution in [0.1, 0.15) is 401 Å². The molecule has 0 aromatic rings. The second kappa shape index (κ2) is 68.8. The van der Waals surface area contributed by atoms with Gasteiger partial charge in [0.15, 0.2) is 12.2 Å². The average Bonchev–Trinajstić information content (AvgIpc) is 1.29. The highest BCUT2D eigenvalue weighted by Crippen LogP contribution is 2.45. The van der Waals surface area contributed by atoms with Crippen LogP contribution in [0.4, 0.5) is 0 Å². The van der Waals surface area contributed by atoms with E-state index in [1.165, 1.54) is 218 Å². The molecule has 570 valence electrons. The summed E-state index contributed by atoms with van der Waals surface area (Å²) in [6.07, 6.45) is 56.9. The fraction of sp³-hybridized carbons (Fsp3) is 0.948. The van der Waals surface area contributed by atoms with Crippen molar-refractivity contribution >= 4 is 39.5 Å². The van der Waals surface area contributed by atoms with Gasteiger partial charge in [0, 0.05) is 25.7 Å². The molecule has 0 aromatic carbocycles. The maximum Gasteiger partial charge on any atom is 0.472 e. The van der Waals surface area contributed by atoms with Crippen molar-refractivity contribution in [2.45, 2.75) is 419 Å². The molecular formula is C77H150O17P2. The number of carbonyl (C=O) groups is 4. The van der Waals surface area contributed by atoms with E-state index >= 15 is 0 Å². The summed E-state index contributed by atoms with van der Waals surface area (Å²) >= 11 is 0. The summed E-state index contributed by atoms with van der Waals surface area (Å²) in [4.78, 5) is 72.8. The Morgan fingerprint density at radius 1 is 0.302 bits per heavy atom. The number of unbranched alkanes of at least 4 members (excludes halogenated alkanes) is 45. The largest absolute Gasteiger partial charge is 0.472 e. The lowest BCUT2D eigenvalue weighted by Gasteiger charge is -2.21. The number of phosphoric ester groups is 2. The summed E-state index contributed by atoms with van der Waals surface area (Å²) < 4.78 is 68.5. The quantitative estimate of drug-likeness (QED) is 0.0222. The summed E-state index contributed by atoms with van der Waals surface area (Å²) in [5.41, 5.74) is 0. The Morgan fingerprint density at radius 2 is 0.531 bits per heavy atom. The second-order valence-corrected chi connectivity index (χ2v) is 31.4. The summed E-state index contributed by atoms with van der Waals surface area (Å²) in [6, 6.07) is 0. The Labute approximate surface area is 588 Å². The Morgan fingerprint density at radius 3 is 0.792 bits per heavy atom. The van der Waals surface area contributed by atoms with Gasteiger partial charge in [0.25, 0.3) is 0 Å². The highest BCUT2D eigenvalue weighted by molar-refractivity contribution is 7.47. The normalized spacial score (nSPS) is 14.3. The molecule has 6 atom stereocenters. The molecule has 3 N–H and O–H groups in total. The van der Waals surface area contributed by atoms with Crippen LogP contribution in [0.3, 0.4) is 0 Å². The lowest BCUT2D eigenvalue weighted by atomic mass is 9.99. The zero-order valence-electron chi connectivity index (χ0n) is 62.7. The van der Waals surface area contributed by atoms with E-state index in [-0.39, 0.29) is 25.7 Å². The van der Waals surface area contributed by atoms with Gasteiger partial charge in [-0.25, -0.2) is 9.13 Å². The monoisotopic (exact) mass is 1410 g/mol. The van der Waals surface area contributed by atoms with E-state index in [2.05, 4.69) is 41.5 Å². The standard InChI is InChI=1S/C77H150O17P2/c1-7-10-12-14-16-18-20-21-22-23-24-25-26-27-28-29-30-36-43-49-55-61-76(81)93-72(65-88-75(80)60-54-48-42-35-32-31-33-39-45-51-57-69(4)5)67-91-95(83,84)89-63-71(78)64-90-96(85,86)92-68-73(66-87-74(79)59-53-47-41-34-19-17-15-13-11-8-2)94-77(82)62-56-50-44-38-37-40-46-52-58-70(6)9-3/h69-73,78H,7-68H2,1-6H3,(H,83,84)(H,85,86)/t70?,71-,72-,73-/m1/s1. The molecule has 0 spiro atoms. The van der Waals surface area contributed by atoms with Gasteiger partial charge in [0.05, 0.1) is 26.4 Å². The summed E-state index contributed by atoms with van der Waals surface area (Å²) in [7, 11) is -9.91. The predicted molar refractivity (Wildman–Crippen MR) is 391 cm³/mol. The van der Waals surface area contributed by atoms with Crippen molar-refractivity contribution in [1.29, 1.82) is 0 Å². The molecular weight excluding hydrogens is 1260 g/mol. The molecule has 0 aliphatic rings. The van der Waals surface area contributed by atoms with Crippen molar-refractivity contribution in [2.24, 2.45) is 11.8 Å². The molecule has 0 aromatic heterocycles. The van der Waals surface area contributed by atoms with Crippen LogP contribution >= 0.6 is 15.6 Å². The topological polar surface area (TPSA) is 237 Å². The Balaban J connectivity index is 5.20. The van der Waals surface area contributed by atoms with E-state index in [4.69, 9.17) is 37.0 Å². The average molecular weight is 1410 g/mol. The Hall–Kier alpha value is -1.94. The first-order chi connectivity index (χ1) is 46.4. The second-order valence-electron chi connectivity index (χ2n) is 28.5. The third-order valence-corrected chi connectivity index (χ3v) is 20.2. The molecule has 0 rings (SSSR count). The first-order valence-corrected chi connectivity index (χ1v) is 43.0. The van der Waals surface area contributed by atoms with E-state index in [1.807, 2.05) is 0 Å². The SMILES string of the molecule is CCCCCCCCCCCCCCCCCCCCCCCC(=O)O[C@H](COC(=O)CCCCCCCCCCCCC(C)C)COP(=O)(O)OC[C@@H](O)COP(=O)(O)OC[C@@H](COC(=O)CCCCCCCCCCCC)OC(=O)CCCCCCCCCCC(C)CC. The molecule has 19 heteroatoms. The van der Waals surface area contributed by atoms with Crippen LogP contribution in [0.5, 0.6) is 0 Å². The maximum atomic E-state index is 13.1. The van der Waals surface area contributed by atoms with Crippen molar-refractivity contribution in [1.82, 2.24) is 0 Å². The van der Waals surface area contributed by atoms with Crippen LogP contribution in [0.2, 0.25) is 0 Å². The number of phosphoric acid groups is 2. The van der Waals surface area contributed by atoms with Crippen LogP contribution in [-0.4, -0.2) is 96.7 Å². The number of aliphatic hydroxyl groups excluding tert-OH is 1. The highest BCUT2D eigenvalue weighted by Gasteiger charge is 2.30. The number of ether oxygens (including phenoxy) is 4. The molecule has 3 unspecified atom stereocenters. The van der Waals surface area contributed by atoms with E-state index in [1.54, 1.807) is 0 Å². The van der Waals surface area contributed by atoms with Crippen LogP contribution in [0, 0.1) is 11.8 Å². The van der Waals surface area contributed by atoms with Gasteiger partial charge in [0.1, 0.15) is 19.3 Å². The molecule has 0 aliphatic heterocycles. The highest BCUT2D eigenvalue weighted by atomic mass is 31.2. The fourth-order valence-electron chi connectivity index (χ4n) is 11.8. The molecule has 17 nitrogen and oxygen atoms in total. The zero-order chi connectivity index (χ0) is 70.7.